The van der Waals surface area contributed by atoms with E-state index in [1.807, 2.05) is 12.1 Å². The Morgan fingerprint density at radius 2 is 1.81 bits per heavy atom. The van der Waals surface area contributed by atoms with E-state index in [0.717, 1.165) is 32.1 Å². The van der Waals surface area contributed by atoms with E-state index in [0.29, 0.717) is 17.6 Å². The highest BCUT2D eigenvalue weighted by Gasteiger charge is 2.48. The average Bonchev–Trinajstić information content (AvgIpc) is 2.95. The molecule has 0 unspecified atom stereocenters. The highest BCUT2D eigenvalue weighted by atomic mass is 16.3. The third-order valence-corrected chi connectivity index (χ3v) is 7.07. The third-order valence-electron chi connectivity index (χ3n) is 7.07. The molecule has 2 heteroatoms. The first-order chi connectivity index (χ1) is 12.5. The Labute approximate surface area is 155 Å². The van der Waals surface area contributed by atoms with Gasteiger partial charge in [0.15, 0.2) is 0 Å². The van der Waals surface area contributed by atoms with E-state index < -0.39 is 0 Å². The predicted octanol–water partition coefficient (Wildman–Crippen LogP) is 5.07. The van der Waals surface area contributed by atoms with Crippen molar-refractivity contribution in [2.75, 3.05) is 0 Å². The van der Waals surface area contributed by atoms with Crippen LogP contribution >= 0.6 is 0 Å². The molecule has 2 nitrogen and oxygen atoms in total. The van der Waals surface area contributed by atoms with E-state index in [2.05, 4.69) is 43.3 Å². The SMILES string of the molecule is C[C@]12CC[C@H]3C(=C1C[C@@H](O)C2)[C@H](c1ccccc1)Cc1cc(O)ccc13. The van der Waals surface area contributed by atoms with Crippen LogP contribution in [0.3, 0.4) is 0 Å². The quantitative estimate of drug-likeness (QED) is 0.708. The lowest BCUT2D eigenvalue weighted by Gasteiger charge is -2.44. The van der Waals surface area contributed by atoms with Crippen LogP contribution in [0.2, 0.25) is 0 Å². The molecule has 1 saturated carbocycles. The molecule has 2 aromatic rings. The molecule has 5 rings (SSSR count). The molecule has 0 aromatic heterocycles. The van der Waals surface area contributed by atoms with Crippen molar-refractivity contribution in [1.29, 1.82) is 0 Å². The summed E-state index contributed by atoms with van der Waals surface area (Å²) >= 11 is 0. The van der Waals surface area contributed by atoms with Crippen LogP contribution in [0.15, 0.2) is 59.7 Å². The number of phenols is 1. The van der Waals surface area contributed by atoms with Crippen LogP contribution in [0.1, 0.15) is 61.1 Å². The van der Waals surface area contributed by atoms with E-state index in [-0.39, 0.29) is 11.5 Å². The number of phenolic OH excluding ortho intramolecular Hbond substituents is 1. The smallest absolute Gasteiger partial charge is 0.115 e. The van der Waals surface area contributed by atoms with Crippen LogP contribution in [-0.4, -0.2) is 16.3 Å². The van der Waals surface area contributed by atoms with Crippen molar-refractivity contribution in [3.63, 3.8) is 0 Å². The maximum absolute atomic E-state index is 10.4. The van der Waals surface area contributed by atoms with Gasteiger partial charge < -0.3 is 10.2 Å². The molecule has 2 N–H and O–H groups in total. The van der Waals surface area contributed by atoms with E-state index in [1.165, 1.54) is 22.3 Å². The average molecular weight is 346 g/mol. The van der Waals surface area contributed by atoms with E-state index in [9.17, 15) is 10.2 Å². The van der Waals surface area contributed by atoms with Gasteiger partial charge in [-0.1, -0.05) is 54.5 Å². The maximum Gasteiger partial charge on any atom is 0.115 e. The van der Waals surface area contributed by atoms with Crippen molar-refractivity contribution in [3.05, 3.63) is 76.4 Å². The van der Waals surface area contributed by atoms with Gasteiger partial charge in [0.1, 0.15) is 5.75 Å². The van der Waals surface area contributed by atoms with Crippen molar-refractivity contribution in [2.24, 2.45) is 5.41 Å². The molecule has 134 valence electrons. The summed E-state index contributed by atoms with van der Waals surface area (Å²) in [6.07, 6.45) is 4.77. The van der Waals surface area contributed by atoms with Crippen molar-refractivity contribution in [3.8, 4) is 5.75 Å². The number of hydrogen-bond acceptors (Lipinski definition) is 2. The van der Waals surface area contributed by atoms with Gasteiger partial charge in [-0.05, 0) is 66.3 Å². The number of fused-ring (bicyclic) bond motifs is 4. The molecule has 0 aliphatic heterocycles. The summed E-state index contributed by atoms with van der Waals surface area (Å²) in [5, 5.41) is 20.5. The minimum atomic E-state index is -0.195. The Morgan fingerprint density at radius 3 is 2.62 bits per heavy atom. The summed E-state index contributed by atoms with van der Waals surface area (Å²) in [6, 6.07) is 16.7. The lowest BCUT2D eigenvalue weighted by molar-refractivity contribution is 0.159. The van der Waals surface area contributed by atoms with Crippen LogP contribution < -0.4 is 0 Å². The van der Waals surface area contributed by atoms with Crippen LogP contribution in [0, 0.1) is 5.41 Å². The van der Waals surface area contributed by atoms with Crippen molar-refractivity contribution >= 4 is 0 Å². The van der Waals surface area contributed by atoms with Gasteiger partial charge in [0.05, 0.1) is 6.10 Å². The van der Waals surface area contributed by atoms with Gasteiger partial charge in [0.2, 0.25) is 0 Å². The van der Waals surface area contributed by atoms with Gasteiger partial charge in [0, 0.05) is 11.8 Å². The molecule has 3 aliphatic carbocycles. The van der Waals surface area contributed by atoms with Crippen LogP contribution in [-0.2, 0) is 6.42 Å². The molecule has 0 spiro atoms. The first kappa shape index (κ1) is 16.1. The van der Waals surface area contributed by atoms with Gasteiger partial charge in [-0.3, -0.25) is 0 Å². The van der Waals surface area contributed by atoms with Gasteiger partial charge in [-0.25, -0.2) is 0 Å². The molecular formula is C24H26O2. The predicted molar refractivity (Wildman–Crippen MR) is 103 cm³/mol. The Kier molecular flexibility index (Phi) is 3.55. The van der Waals surface area contributed by atoms with Gasteiger partial charge in [0.25, 0.3) is 0 Å². The van der Waals surface area contributed by atoms with Crippen molar-refractivity contribution in [1.82, 2.24) is 0 Å². The van der Waals surface area contributed by atoms with Crippen molar-refractivity contribution in [2.45, 2.75) is 57.0 Å². The Hall–Kier alpha value is -2.06. The van der Waals surface area contributed by atoms with E-state index in [4.69, 9.17) is 0 Å². The monoisotopic (exact) mass is 346 g/mol. The summed E-state index contributed by atoms with van der Waals surface area (Å²) in [5.41, 5.74) is 7.29. The third kappa shape index (κ3) is 2.35. The molecule has 0 heterocycles. The fourth-order valence-corrected chi connectivity index (χ4v) is 5.94. The molecule has 3 aliphatic rings. The largest absolute Gasteiger partial charge is 0.508 e. The molecule has 2 aromatic carbocycles. The van der Waals surface area contributed by atoms with Crippen molar-refractivity contribution < 1.29 is 10.2 Å². The summed E-state index contributed by atoms with van der Waals surface area (Å²) in [5.74, 6) is 1.15. The zero-order chi connectivity index (χ0) is 17.9. The minimum Gasteiger partial charge on any atom is -0.508 e. The summed E-state index contributed by atoms with van der Waals surface area (Å²) in [4.78, 5) is 0. The Balaban J connectivity index is 1.74. The second kappa shape index (κ2) is 5.72. The van der Waals surface area contributed by atoms with Gasteiger partial charge >= 0.3 is 0 Å². The number of allylic oxidation sites excluding steroid dienone is 1. The number of aromatic hydroxyl groups is 1. The van der Waals surface area contributed by atoms with E-state index >= 15 is 0 Å². The standard InChI is InChI=1S/C24H26O2/c1-24-10-9-20-19-8-7-17(25)11-16(19)12-21(15-5-3-2-4-6-15)23(20)22(24)13-18(26)14-24/h2-8,11,18,20-21,25-26H,9-10,12-14H2,1H3/t18-,20-,21+,24-/m1/s1. The molecule has 4 atom stereocenters. The molecule has 26 heavy (non-hydrogen) atoms. The molecular weight excluding hydrogens is 320 g/mol. The van der Waals surface area contributed by atoms with Crippen LogP contribution in [0.25, 0.3) is 0 Å². The molecule has 1 fully saturated rings. The Bertz CT molecular complexity index is 882. The Morgan fingerprint density at radius 1 is 1.00 bits per heavy atom. The lowest BCUT2D eigenvalue weighted by atomic mass is 9.60. The first-order valence-electron chi connectivity index (χ1n) is 9.83. The number of benzene rings is 2. The van der Waals surface area contributed by atoms with Crippen LogP contribution in [0.4, 0.5) is 0 Å². The summed E-state index contributed by atoms with van der Waals surface area (Å²) in [6.45, 7) is 2.36. The fourth-order valence-electron chi connectivity index (χ4n) is 5.94. The second-order valence-corrected chi connectivity index (χ2v) is 8.70. The highest BCUT2D eigenvalue weighted by molar-refractivity contribution is 5.53. The second-order valence-electron chi connectivity index (χ2n) is 8.70. The number of aliphatic hydroxyl groups is 1. The highest BCUT2D eigenvalue weighted by Crippen LogP contribution is 2.60. The fraction of sp³-hybridized carbons (Fsp3) is 0.417. The zero-order valence-electron chi connectivity index (χ0n) is 15.3. The summed E-state index contributed by atoms with van der Waals surface area (Å²) < 4.78 is 0. The molecule has 0 amide bonds. The van der Waals surface area contributed by atoms with Gasteiger partial charge in [-0.15, -0.1) is 0 Å². The topological polar surface area (TPSA) is 40.5 Å². The molecule has 0 saturated heterocycles. The lowest BCUT2D eigenvalue weighted by Crippen LogP contribution is -2.31. The van der Waals surface area contributed by atoms with E-state index in [1.54, 1.807) is 5.57 Å². The van der Waals surface area contributed by atoms with Crippen LogP contribution in [0.5, 0.6) is 5.75 Å². The number of hydrogen-bond donors (Lipinski definition) is 2. The molecule has 0 radical (unpaired) electrons. The summed E-state index contributed by atoms with van der Waals surface area (Å²) in [7, 11) is 0. The molecule has 0 bridgehead atoms. The zero-order valence-corrected chi connectivity index (χ0v) is 15.3. The maximum atomic E-state index is 10.4. The number of rotatable bonds is 1. The normalized spacial score (nSPS) is 32.8. The van der Waals surface area contributed by atoms with Gasteiger partial charge in [-0.2, -0.15) is 0 Å². The number of aliphatic hydroxyl groups excluding tert-OH is 1. The first-order valence-corrected chi connectivity index (χ1v) is 9.83. The minimum absolute atomic E-state index is 0.159.